The topological polar surface area (TPSA) is 112 Å². The van der Waals surface area contributed by atoms with Gasteiger partial charge < -0.3 is 10.1 Å². The fourth-order valence-corrected chi connectivity index (χ4v) is 2.38. The SMILES string of the molecule is Cc1ncc(S(=O)(=O)NC(C)CC(=O)O)[nH]1. The highest BCUT2D eigenvalue weighted by Gasteiger charge is 2.20. The van der Waals surface area contributed by atoms with Crippen LogP contribution in [-0.2, 0) is 14.8 Å². The molecule has 16 heavy (non-hydrogen) atoms. The van der Waals surface area contributed by atoms with Gasteiger partial charge in [-0.15, -0.1) is 0 Å². The van der Waals surface area contributed by atoms with Gasteiger partial charge in [-0.25, -0.2) is 18.1 Å². The molecule has 0 amide bonds. The van der Waals surface area contributed by atoms with Crippen LogP contribution in [0.25, 0.3) is 0 Å². The molecule has 1 unspecified atom stereocenters. The minimum absolute atomic E-state index is 0.0674. The summed E-state index contributed by atoms with van der Waals surface area (Å²) in [5, 5.41) is 8.43. The molecule has 1 aromatic rings. The van der Waals surface area contributed by atoms with Crippen LogP contribution in [0.15, 0.2) is 11.2 Å². The Balaban J connectivity index is 2.76. The number of rotatable bonds is 5. The van der Waals surface area contributed by atoms with Crippen LogP contribution in [0.3, 0.4) is 0 Å². The second-order valence-electron chi connectivity index (χ2n) is 3.45. The highest BCUT2D eigenvalue weighted by molar-refractivity contribution is 7.89. The molecule has 90 valence electrons. The average Bonchev–Trinajstić information content (AvgIpc) is 2.49. The third-order valence-electron chi connectivity index (χ3n) is 1.81. The summed E-state index contributed by atoms with van der Waals surface area (Å²) in [6.07, 6.45) is 0.914. The van der Waals surface area contributed by atoms with Gasteiger partial charge in [0, 0.05) is 6.04 Å². The van der Waals surface area contributed by atoms with Crippen molar-refractivity contribution in [2.75, 3.05) is 0 Å². The summed E-state index contributed by atoms with van der Waals surface area (Å²) in [6, 6.07) is -0.675. The number of H-pyrrole nitrogens is 1. The first kappa shape index (κ1) is 12.7. The Bertz CT molecular complexity index is 479. The van der Waals surface area contributed by atoms with Crippen LogP contribution in [0, 0.1) is 6.92 Å². The van der Waals surface area contributed by atoms with Gasteiger partial charge in [-0.05, 0) is 13.8 Å². The van der Waals surface area contributed by atoms with Gasteiger partial charge in [0.15, 0.2) is 5.03 Å². The van der Waals surface area contributed by atoms with Crippen molar-refractivity contribution >= 4 is 16.0 Å². The van der Waals surface area contributed by atoms with E-state index in [1.54, 1.807) is 6.92 Å². The third kappa shape index (κ3) is 3.31. The number of aliphatic carboxylic acids is 1. The summed E-state index contributed by atoms with van der Waals surface area (Å²) in [7, 11) is -3.72. The lowest BCUT2D eigenvalue weighted by molar-refractivity contribution is -0.137. The van der Waals surface area contributed by atoms with Gasteiger partial charge in [-0.1, -0.05) is 0 Å². The number of aromatic nitrogens is 2. The molecule has 1 heterocycles. The minimum Gasteiger partial charge on any atom is -0.481 e. The second-order valence-corrected chi connectivity index (χ2v) is 5.14. The number of aryl methyl sites for hydroxylation is 1. The predicted octanol–water partition coefficient (Wildman–Crippen LogP) is -0.140. The lowest BCUT2D eigenvalue weighted by Crippen LogP contribution is -2.34. The Kier molecular flexibility index (Phi) is 3.66. The van der Waals surface area contributed by atoms with Crippen molar-refractivity contribution in [3.63, 3.8) is 0 Å². The minimum atomic E-state index is -3.72. The Hall–Kier alpha value is -1.41. The maximum atomic E-state index is 11.7. The molecule has 0 spiro atoms. The first-order valence-electron chi connectivity index (χ1n) is 4.57. The van der Waals surface area contributed by atoms with Crippen LogP contribution in [0.2, 0.25) is 0 Å². The van der Waals surface area contributed by atoms with E-state index in [2.05, 4.69) is 14.7 Å². The van der Waals surface area contributed by atoms with Gasteiger partial charge in [0.2, 0.25) is 0 Å². The van der Waals surface area contributed by atoms with Crippen LogP contribution in [-0.4, -0.2) is 35.5 Å². The van der Waals surface area contributed by atoms with Gasteiger partial charge in [0.05, 0.1) is 12.6 Å². The molecule has 0 aliphatic heterocycles. The molecule has 0 aliphatic carbocycles. The Morgan fingerprint density at radius 1 is 1.69 bits per heavy atom. The number of carbonyl (C=O) groups is 1. The maximum absolute atomic E-state index is 11.7. The zero-order valence-corrected chi connectivity index (χ0v) is 9.71. The van der Waals surface area contributed by atoms with Gasteiger partial charge in [0.25, 0.3) is 10.0 Å². The Morgan fingerprint density at radius 2 is 2.31 bits per heavy atom. The maximum Gasteiger partial charge on any atom is 0.304 e. The molecule has 1 rings (SSSR count). The monoisotopic (exact) mass is 247 g/mol. The van der Waals surface area contributed by atoms with Crippen molar-refractivity contribution in [3.05, 3.63) is 12.0 Å². The van der Waals surface area contributed by atoms with Crippen molar-refractivity contribution in [1.29, 1.82) is 0 Å². The Morgan fingerprint density at radius 3 is 2.75 bits per heavy atom. The van der Waals surface area contributed by atoms with E-state index in [1.165, 1.54) is 13.1 Å². The molecule has 1 aromatic heterocycles. The smallest absolute Gasteiger partial charge is 0.304 e. The van der Waals surface area contributed by atoms with E-state index in [0.717, 1.165) is 0 Å². The van der Waals surface area contributed by atoms with E-state index in [-0.39, 0.29) is 11.4 Å². The highest BCUT2D eigenvalue weighted by atomic mass is 32.2. The second kappa shape index (κ2) is 4.62. The molecule has 0 saturated heterocycles. The zero-order valence-electron chi connectivity index (χ0n) is 8.89. The number of imidazole rings is 1. The molecule has 0 aliphatic rings. The van der Waals surface area contributed by atoms with Crippen LogP contribution >= 0.6 is 0 Å². The summed E-state index contributed by atoms with van der Waals surface area (Å²) < 4.78 is 25.6. The number of carboxylic acid groups (broad SMARTS) is 1. The number of aromatic amines is 1. The van der Waals surface area contributed by atoms with E-state index in [1.807, 2.05) is 0 Å². The molecule has 0 fully saturated rings. The molecular formula is C8H13N3O4S. The lowest BCUT2D eigenvalue weighted by atomic mass is 10.3. The molecular weight excluding hydrogens is 234 g/mol. The van der Waals surface area contributed by atoms with Crippen molar-refractivity contribution in [2.24, 2.45) is 0 Å². The zero-order chi connectivity index (χ0) is 12.3. The number of nitrogens with one attached hydrogen (secondary N) is 2. The molecule has 1 atom stereocenters. The van der Waals surface area contributed by atoms with Crippen molar-refractivity contribution < 1.29 is 18.3 Å². The van der Waals surface area contributed by atoms with Crippen LogP contribution in [0.1, 0.15) is 19.2 Å². The molecule has 7 nitrogen and oxygen atoms in total. The molecule has 0 aromatic carbocycles. The van der Waals surface area contributed by atoms with Crippen molar-refractivity contribution in [3.8, 4) is 0 Å². The molecule has 0 radical (unpaired) electrons. The van der Waals surface area contributed by atoms with Gasteiger partial charge >= 0.3 is 5.97 Å². The number of carboxylic acids is 1. The fraction of sp³-hybridized carbons (Fsp3) is 0.500. The first-order chi connectivity index (χ1) is 7.31. The van der Waals surface area contributed by atoms with E-state index in [4.69, 9.17) is 5.11 Å². The predicted molar refractivity (Wildman–Crippen MR) is 55.4 cm³/mol. The number of hydrogen-bond donors (Lipinski definition) is 3. The van der Waals surface area contributed by atoms with Gasteiger partial charge in [0.1, 0.15) is 5.82 Å². The van der Waals surface area contributed by atoms with Crippen molar-refractivity contribution in [1.82, 2.24) is 14.7 Å². The largest absolute Gasteiger partial charge is 0.481 e. The Labute approximate surface area is 93.0 Å². The standard InChI is InChI=1S/C8H13N3O4S/c1-5(3-8(12)13)11-16(14,15)7-4-9-6(2)10-7/h4-5,11H,3H2,1-2H3,(H,9,10)(H,12,13). The first-order valence-corrected chi connectivity index (χ1v) is 6.05. The quantitative estimate of drug-likeness (QED) is 0.670. The van der Waals surface area contributed by atoms with E-state index < -0.39 is 22.0 Å². The van der Waals surface area contributed by atoms with Gasteiger partial charge in [-0.2, -0.15) is 0 Å². The summed E-state index contributed by atoms with van der Waals surface area (Å²) >= 11 is 0. The fourth-order valence-electron chi connectivity index (χ4n) is 1.17. The number of nitrogens with zero attached hydrogens (tertiary/aromatic N) is 1. The van der Waals surface area contributed by atoms with Crippen LogP contribution in [0.5, 0.6) is 0 Å². The third-order valence-corrected chi connectivity index (χ3v) is 3.31. The van der Waals surface area contributed by atoms with Crippen LogP contribution < -0.4 is 4.72 Å². The number of sulfonamides is 1. The number of hydrogen-bond acceptors (Lipinski definition) is 4. The van der Waals surface area contributed by atoms with Crippen LogP contribution in [0.4, 0.5) is 0 Å². The molecule has 3 N–H and O–H groups in total. The lowest BCUT2D eigenvalue weighted by Gasteiger charge is -2.10. The van der Waals surface area contributed by atoms with E-state index >= 15 is 0 Å². The summed E-state index contributed by atoms with van der Waals surface area (Å²) in [6.45, 7) is 3.11. The highest BCUT2D eigenvalue weighted by Crippen LogP contribution is 2.06. The van der Waals surface area contributed by atoms with E-state index in [9.17, 15) is 13.2 Å². The normalized spacial score (nSPS) is 13.6. The summed E-state index contributed by atoms with van der Waals surface area (Å²) in [5.74, 6) is -0.581. The molecule has 0 bridgehead atoms. The average molecular weight is 247 g/mol. The molecule has 8 heteroatoms. The van der Waals surface area contributed by atoms with E-state index in [0.29, 0.717) is 5.82 Å². The van der Waals surface area contributed by atoms with Gasteiger partial charge in [-0.3, -0.25) is 4.79 Å². The molecule has 0 saturated carbocycles. The summed E-state index contributed by atoms with van der Waals surface area (Å²) in [5.41, 5.74) is 0. The van der Waals surface area contributed by atoms with Crippen molar-refractivity contribution in [2.45, 2.75) is 31.3 Å². The summed E-state index contributed by atoms with van der Waals surface area (Å²) in [4.78, 5) is 16.7.